The summed E-state index contributed by atoms with van der Waals surface area (Å²) in [5, 5.41) is 0.628. The molecule has 1 heterocycles. The van der Waals surface area contributed by atoms with Crippen LogP contribution in [-0.4, -0.2) is 19.5 Å². The Balaban J connectivity index is 2.03. The molecule has 0 amide bonds. The van der Waals surface area contributed by atoms with E-state index in [1.165, 1.54) is 13.2 Å². The lowest BCUT2D eigenvalue weighted by atomic mass is 10.0. The summed E-state index contributed by atoms with van der Waals surface area (Å²) in [4.78, 5) is 24.8. The van der Waals surface area contributed by atoms with E-state index in [9.17, 15) is 9.59 Å². The minimum absolute atomic E-state index is 0.0140. The maximum Gasteiger partial charge on any atom is 0.347 e. The Bertz CT molecular complexity index is 938. The van der Waals surface area contributed by atoms with Gasteiger partial charge < -0.3 is 13.9 Å². The summed E-state index contributed by atoms with van der Waals surface area (Å²) in [6.07, 6.45) is 0. The Kier molecular flexibility index (Phi) is 4.33. The van der Waals surface area contributed by atoms with Gasteiger partial charge in [0.15, 0.2) is 17.1 Å². The number of methoxy groups -OCH3 is 1. The van der Waals surface area contributed by atoms with Gasteiger partial charge in [0.05, 0.1) is 13.7 Å². The van der Waals surface area contributed by atoms with Crippen molar-refractivity contribution in [1.82, 2.24) is 0 Å². The van der Waals surface area contributed by atoms with E-state index in [0.29, 0.717) is 34.6 Å². The molecule has 5 heteroatoms. The molecule has 3 aromatic rings. The monoisotopic (exact) mass is 324 g/mol. The molecule has 0 saturated carbocycles. The van der Waals surface area contributed by atoms with E-state index >= 15 is 0 Å². The van der Waals surface area contributed by atoms with Gasteiger partial charge in [-0.05, 0) is 43.3 Å². The lowest BCUT2D eigenvalue weighted by molar-refractivity contribution is 0.103. The molecule has 0 fully saturated rings. The second kappa shape index (κ2) is 6.58. The Labute approximate surface area is 138 Å². The standard InChI is InChI=1S/C19H16O5/c1-3-23-14-9-7-12(8-10-14)17(20)15-11-13-5-4-6-16(22-2)18(13)24-19(15)21/h4-11H,3H2,1-2H3. The van der Waals surface area contributed by atoms with Crippen molar-refractivity contribution in [2.24, 2.45) is 0 Å². The van der Waals surface area contributed by atoms with E-state index in [1.807, 2.05) is 6.92 Å². The molecule has 24 heavy (non-hydrogen) atoms. The fourth-order valence-corrected chi connectivity index (χ4v) is 2.46. The smallest absolute Gasteiger partial charge is 0.347 e. The largest absolute Gasteiger partial charge is 0.494 e. The van der Waals surface area contributed by atoms with Crippen LogP contribution in [0.1, 0.15) is 22.8 Å². The van der Waals surface area contributed by atoms with Crippen molar-refractivity contribution in [3.05, 3.63) is 70.1 Å². The van der Waals surface area contributed by atoms with Crippen LogP contribution in [-0.2, 0) is 0 Å². The molecule has 0 aliphatic heterocycles. The zero-order valence-corrected chi connectivity index (χ0v) is 13.4. The molecule has 0 radical (unpaired) electrons. The lowest BCUT2D eigenvalue weighted by Crippen LogP contribution is -2.14. The molecule has 0 unspecified atom stereocenters. The number of ether oxygens (including phenoxy) is 2. The first-order valence-electron chi connectivity index (χ1n) is 7.52. The van der Waals surface area contributed by atoms with Gasteiger partial charge in [-0.3, -0.25) is 4.79 Å². The highest BCUT2D eigenvalue weighted by Gasteiger charge is 2.17. The van der Waals surface area contributed by atoms with E-state index in [2.05, 4.69) is 0 Å². The quantitative estimate of drug-likeness (QED) is 0.531. The molecule has 122 valence electrons. The zero-order valence-electron chi connectivity index (χ0n) is 13.4. The summed E-state index contributed by atoms with van der Waals surface area (Å²) in [6.45, 7) is 2.43. The van der Waals surface area contributed by atoms with Crippen LogP contribution in [0.15, 0.2) is 57.7 Å². The molecule has 5 nitrogen and oxygen atoms in total. The molecular formula is C19H16O5. The normalized spacial score (nSPS) is 10.6. The second-order valence-corrected chi connectivity index (χ2v) is 5.11. The van der Waals surface area contributed by atoms with Gasteiger partial charge in [0, 0.05) is 10.9 Å². The molecule has 0 bridgehead atoms. The molecule has 0 spiro atoms. The molecule has 0 N–H and O–H groups in total. The number of carbonyl (C=O) groups is 1. The minimum Gasteiger partial charge on any atom is -0.494 e. The van der Waals surface area contributed by atoms with Crippen LogP contribution in [0.4, 0.5) is 0 Å². The highest BCUT2D eigenvalue weighted by atomic mass is 16.5. The number of rotatable bonds is 5. The van der Waals surface area contributed by atoms with Gasteiger partial charge in [-0.2, -0.15) is 0 Å². The summed E-state index contributed by atoms with van der Waals surface area (Å²) in [5.41, 5.74) is 0.0204. The summed E-state index contributed by atoms with van der Waals surface area (Å²) >= 11 is 0. The van der Waals surface area contributed by atoms with Gasteiger partial charge in [-0.25, -0.2) is 4.79 Å². The SMILES string of the molecule is CCOc1ccc(C(=O)c2cc3cccc(OC)c3oc2=O)cc1. The number of fused-ring (bicyclic) bond motifs is 1. The molecule has 0 aliphatic carbocycles. The van der Waals surface area contributed by atoms with Crippen LogP contribution in [0.3, 0.4) is 0 Å². The summed E-state index contributed by atoms with van der Waals surface area (Å²) in [6, 6.07) is 13.4. The molecule has 1 aromatic heterocycles. The van der Waals surface area contributed by atoms with Crippen LogP contribution in [0.25, 0.3) is 11.0 Å². The molecular weight excluding hydrogens is 308 g/mol. The number of hydrogen-bond donors (Lipinski definition) is 0. The van der Waals surface area contributed by atoms with E-state index < -0.39 is 11.4 Å². The topological polar surface area (TPSA) is 65.7 Å². The number of benzene rings is 2. The number of hydrogen-bond acceptors (Lipinski definition) is 5. The van der Waals surface area contributed by atoms with Gasteiger partial charge >= 0.3 is 5.63 Å². The van der Waals surface area contributed by atoms with Crippen LogP contribution >= 0.6 is 0 Å². The maximum atomic E-state index is 12.6. The van der Waals surface area contributed by atoms with Gasteiger partial charge in [0.2, 0.25) is 0 Å². The Morgan fingerprint density at radius 3 is 2.54 bits per heavy atom. The first-order valence-corrected chi connectivity index (χ1v) is 7.52. The predicted octanol–water partition coefficient (Wildman–Crippen LogP) is 3.43. The van der Waals surface area contributed by atoms with E-state index in [-0.39, 0.29) is 5.56 Å². The van der Waals surface area contributed by atoms with Crippen molar-refractivity contribution >= 4 is 16.8 Å². The van der Waals surface area contributed by atoms with Gasteiger partial charge in [0.1, 0.15) is 11.3 Å². The molecule has 3 rings (SSSR count). The second-order valence-electron chi connectivity index (χ2n) is 5.11. The molecule has 0 saturated heterocycles. The first-order chi connectivity index (χ1) is 11.6. The fraction of sp³-hybridized carbons (Fsp3) is 0.158. The van der Waals surface area contributed by atoms with Crippen molar-refractivity contribution in [1.29, 1.82) is 0 Å². The van der Waals surface area contributed by atoms with Crippen LogP contribution < -0.4 is 15.1 Å². The Morgan fingerprint density at radius 1 is 1.12 bits per heavy atom. The van der Waals surface area contributed by atoms with Gasteiger partial charge in [-0.1, -0.05) is 12.1 Å². The van der Waals surface area contributed by atoms with E-state index in [4.69, 9.17) is 13.9 Å². The third kappa shape index (κ3) is 2.88. The Hall–Kier alpha value is -3.08. The van der Waals surface area contributed by atoms with Crippen LogP contribution in [0.5, 0.6) is 11.5 Å². The summed E-state index contributed by atoms with van der Waals surface area (Å²) in [7, 11) is 1.49. The highest BCUT2D eigenvalue weighted by molar-refractivity contribution is 6.10. The van der Waals surface area contributed by atoms with Crippen molar-refractivity contribution in [3.63, 3.8) is 0 Å². The van der Waals surface area contributed by atoms with Crippen molar-refractivity contribution in [3.8, 4) is 11.5 Å². The van der Waals surface area contributed by atoms with E-state index in [0.717, 1.165) is 0 Å². The summed E-state index contributed by atoms with van der Waals surface area (Å²) < 4.78 is 15.8. The third-order valence-electron chi connectivity index (χ3n) is 3.62. The number of ketones is 1. The average Bonchev–Trinajstić information content (AvgIpc) is 2.61. The molecule has 2 aromatic carbocycles. The minimum atomic E-state index is -0.689. The van der Waals surface area contributed by atoms with Crippen molar-refractivity contribution in [2.45, 2.75) is 6.92 Å². The van der Waals surface area contributed by atoms with Crippen molar-refractivity contribution < 1.29 is 18.7 Å². The first kappa shape index (κ1) is 15.8. The van der Waals surface area contributed by atoms with Crippen LogP contribution in [0, 0.1) is 0 Å². The van der Waals surface area contributed by atoms with Crippen LogP contribution in [0.2, 0.25) is 0 Å². The predicted molar refractivity (Wildman–Crippen MR) is 90.1 cm³/mol. The third-order valence-corrected chi connectivity index (χ3v) is 3.62. The zero-order chi connectivity index (χ0) is 17.1. The van der Waals surface area contributed by atoms with Crippen molar-refractivity contribution in [2.75, 3.05) is 13.7 Å². The maximum absolute atomic E-state index is 12.6. The fourth-order valence-electron chi connectivity index (χ4n) is 2.46. The average molecular weight is 324 g/mol. The summed E-state index contributed by atoms with van der Waals surface area (Å²) in [5.74, 6) is 0.727. The van der Waals surface area contributed by atoms with Gasteiger partial charge in [-0.15, -0.1) is 0 Å². The van der Waals surface area contributed by atoms with Gasteiger partial charge in [0.25, 0.3) is 0 Å². The van der Waals surface area contributed by atoms with E-state index in [1.54, 1.807) is 42.5 Å². The molecule has 0 atom stereocenters. The lowest BCUT2D eigenvalue weighted by Gasteiger charge is -2.06. The molecule has 0 aliphatic rings. The number of para-hydroxylation sites is 1. The highest BCUT2D eigenvalue weighted by Crippen LogP contribution is 2.25. The number of carbonyl (C=O) groups excluding carboxylic acids is 1. The Morgan fingerprint density at radius 2 is 1.88 bits per heavy atom.